The Labute approximate surface area is 206 Å². The van der Waals surface area contributed by atoms with Crippen LogP contribution in [0.3, 0.4) is 0 Å². The predicted molar refractivity (Wildman–Crippen MR) is 139 cm³/mol. The molecule has 1 atom stereocenters. The third-order valence-electron chi connectivity index (χ3n) is 5.96. The Bertz CT molecular complexity index is 1200. The molecule has 6 nitrogen and oxygen atoms in total. The van der Waals surface area contributed by atoms with Crippen LogP contribution in [0, 0.1) is 0 Å². The van der Waals surface area contributed by atoms with Crippen LogP contribution in [-0.4, -0.2) is 30.7 Å². The zero-order valence-electron chi connectivity index (χ0n) is 20.2. The van der Waals surface area contributed by atoms with Gasteiger partial charge in [-0.15, -0.1) is 0 Å². The fourth-order valence-corrected chi connectivity index (χ4v) is 4.14. The summed E-state index contributed by atoms with van der Waals surface area (Å²) in [4.78, 5) is 30.3. The molecule has 1 aliphatic rings. The second-order valence-corrected chi connectivity index (χ2v) is 8.50. The largest absolute Gasteiger partial charge is 0.462 e. The predicted octanol–water partition coefficient (Wildman–Crippen LogP) is 5.61. The molecule has 0 aliphatic carbocycles. The molecule has 3 aromatic carbocycles. The van der Waals surface area contributed by atoms with E-state index in [0.717, 1.165) is 36.3 Å². The fourth-order valence-electron chi connectivity index (χ4n) is 4.14. The summed E-state index contributed by atoms with van der Waals surface area (Å²) in [5, 5.41) is 6.38. The van der Waals surface area contributed by atoms with Crippen molar-refractivity contribution in [3.8, 4) is 0 Å². The number of unbranched alkanes of at least 4 members (excludes halogenated alkanes) is 1. The molecule has 1 unspecified atom stereocenters. The second-order valence-electron chi connectivity index (χ2n) is 8.50. The highest BCUT2D eigenvalue weighted by Crippen LogP contribution is 2.37. The summed E-state index contributed by atoms with van der Waals surface area (Å²) in [6, 6.07) is 23.0. The van der Waals surface area contributed by atoms with Gasteiger partial charge in [-0.2, -0.15) is 0 Å². The topological polar surface area (TPSA) is 79.8 Å². The van der Waals surface area contributed by atoms with E-state index in [1.807, 2.05) is 48.5 Å². The lowest BCUT2D eigenvalue weighted by Crippen LogP contribution is -2.21. The van der Waals surface area contributed by atoms with E-state index in [4.69, 9.17) is 9.73 Å². The first-order chi connectivity index (χ1) is 17.1. The average Bonchev–Trinajstić information content (AvgIpc) is 3.21. The first-order valence-electron chi connectivity index (χ1n) is 12.2. The number of aliphatic imine (C=N–C) groups is 1. The maximum absolute atomic E-state index is 13.2. The van der Waals surface area contributed by atoms with Crippen LogP contribution < -0.4 is 10.6 Å². The number of benzene rings is 3. The molecule has 3 aromatic rings. The molecule has 0 bridgehead atoms. The van der Waals surface area contributed by atoms with E-state index in [0.29, 0.717) is 23.6 Å². The van der Waals surface area contributed by atoms with E-state index >= 15 is 0 Å². The number of rotatable bonds is 10. The van der Waals surface area contributed by atoms with Crippen molar-refractivity contribution in [2.45, 2.75) is 39.2 Å². The molecule has 1 amide bonds. The molecule has 1 heterocycles. The minimum atomic E-state index is -0.584. The summed E-state index contributed by atoms with van der Waals surface area (Å²) >= 11 is 0. The zero-order valence-corrected chi connectivity index (χ0v) is 20.2. The number of fused-ring (bicyclic) bond motifs is 1. The third kappa shape index (κ3) is 5.84. The van der Waals surface area contributed by atoms with Crippen LogP contribution in [-0.2, 0) is 16.1 Å². The molecule has 2 N–H and O–H groups in total. The number of carbonyl (C=O) groups excluding carboxylic acids is 2. The number of hydrogen-bond donors (Lipinski definition) is 2. The van der Waals surface area contributed by atoms with Crippen molar-refractivity contribution in [1.29, 1.82) is 0 Å². The maximum Gasteiger partial charge on any atom is 0.338 e. The number of esters is 1. The van der Waals surface area contributed by atoms with E-state index in [9.17, 15) is 9.59 Å². The Balaban J connectivity index is 1.65. The Morgan fingerprint density at radius 1 is 1.00 bits per heavy atom. The van der Waals surface area contributed by atoms with E-state index in [1.165, 1.54) is 12.0 Å². The van der Waals surface area contributed by atoms with E-state index in [1.54, 1.807) is 19.1 Å². The summed E-state index contributed by atoms with van der Waals surface area (Å²) in [7, 11) is 0. The maximum atomic E-state index is 13.2. The molecule has 0 spiro atoms. The average molecular weight is 470 g/mol. The van der Waals surface area contributed by atoms with Gasteiger partial charge in [0.15, 0.2) is 0 Å². The van der Waals surface area contributed by atoms with Crippen LogP contribution in [0.2, 0.25) is 0 Å². The van der Waals surface area contributed by atoms with Gasteiger partial charge < -0.3 is 15.4 Å². The van der Waals surface area contributed by atoms with Crippen LogP contribution in [0.5, 0.6) is 0 Å². The van der Waals surface area contributed by atoms with Crippen molar-refractivity contribution in [1.82, 2.24) is 5.32 Å². The molecule has 0 aromatic heterocycles. The van der Waals surface area contributed by atoms with E-state index < -0.39 is 11.9 Å². The summed E-state index contributed by atoms with van der Waals surface area (Å²) < 4.78 is 5.10. The first-order valence-corrected chi connectivity index (χ1v) is 12.2. The Kier molecular flexibility index (Phi) is 8.06. The summed E-state index contributed by atoms with van der Waals surface area (Å²) in [6.07, 6.45) is 2.33. The minimum absolute atomic E-state index is 0.166. The number of nitrogens with one attached hydrogen (secondary N) is 2. The van der Waals surface area contributed by atoms with Crippen LogP contribution in [0.15, 0.2) is 77.8 Å². The van der Waals surface area contributed by atoms with Crippen LogP contribution >= 0.6 is 0 Å². The van der Waals surface area contributed by atoms with Gasteiger partial charge >= 0.3 is 5.97 Å². The lowest BCUT2D eigenvalue weighted by Gasteiger charge is -2.14. The lowest BCUT2D eigenvalue weighted by atomic mass is 9.90. The first kappa shape index (κ1) is 24.4. The van der Waals surface area contributed by atoms with Gasteiger partial charge in [-0.25, -0.2) is 4.79 Å². The van der Waals surface area contributed by atoms with Gasteiger partial charge in [-0.3, -0.25) is 9.79 Å². The standard InChI is InChI=1S/C29H31N3O3/c1-3-5-17-30-19-20-11-14-23(15-12-20)31-27(21-9-7-6-8-10-21)26-24-16-13-22(29(34)35-4-2)18-25(24)32-28(26)33/h6-16,18,26,30H,3-5,17,19H2,1-2H3,(H,32,33). The highest BCUT2D eigenvalue weighted by atomic mass is 16.5. The monoisotopic (exact) mass is 469 g/mol. The van der Waals surface area contributed by atoms with Gasteiger partial charge in [-0.05, 0) is 60.8 Å². The highest BCUT2D eigenvalue weighted by Gasteiger charge is 2.36. The van der Waals surface area contributed by atoms with Gasteiger partial charge in [-0.1, -0.05) is 61.9 Å². The zero-order chi connectivity index (χ0) is 24.6. The number of hydrogen-bond acceptors (Lipinski definition) is 5. The van der Waals surface area contributed by atoms with E-state index in [-0.39, 0.29) is 5.91 Å². The van der Waals surface area contributed by atoms with Crippen LogP contribution in [0.25, 0.3) is 0 Å². The van der Waals surface area contributed by atoms with Crippen molar-refractivity contribution in [3.05, 3.63) is 95.1 Å². The Hall–Kier alpha value is -3.77. The second kappa shape index (κ2) is 11.6. The molecule has 180 valence electrons. The molecule has 0 saturated heterocycles. The molecule has 6 heteroatoms. The minimum Gasteiger partial charge on any atom is -0.462 e. The third-order valence-corrected chi connectivity index (χ3v) is 5.96. The molecule has 35 heavy (non-hydrogen) atoms. The van der Waals surface area contributed by atoms with Crippen molar-refractivity contribution in [2.75, 3.05) is 18.5 Å². The molecular formula is C29H31N3O3. The summed E-state index contributed by atoms with van der Waals surface area (Å²) in [5.74, 6) is -1.16. The summed E-state index contributed by atoms with van der Waals surface area (Å²) in [6.45, 7) is 6.06. The van der Waals surface area contributed by atoms with Gasteiger partial charge in [0.2, 0.25) is 5.91 Å². The van der Waals surface area contributed by atoms with Crippen LogP contribution in [0.1, 0.15) is 59.7 Å². The Morgan fingerprint density at radius 3 is 2.49 bits per heavy atom. The number of amides is 1. The van der Waals surface area contributed by atoms with E-state index in [2.05, 4.69) is 29.7 Å². The SMILES string of the molecule is CCCCNCc1ccc(N=C(c2ccccc2)C2C(=O)Nc3cc(C(=O)OCC)ccc32)cc1. The smallest absolute Gasteiger partial charge is 0.338 e. The van der Waals surface area contributed by atoms with Crippen molar-refractivity contribution in [3.63, 3.8) is 0 Å². The number of carbonyl (C=O) groups is 2. The van der Waals surface area contributed by atoms with Gasteiger partial charge in [0.05, 0.1) is 23.6 Å². The normalized spacial score (nSPS) is 15.0. The molecule has 0 radical (unpaired) electrons. The molecule has 4 rings (SSSR count). The van der Waals surface area contributed by atoms with Gasteiger partial charge in [0.1, 0.15) is 5.92 Å². The van der Waals surface area contributed by atoms with Crippen molar-refractivity contribution in [2.24, 2.45) is 4.99 Å². The highest BCUT2D eigenvalue weighted by molar-refractivity contribution is 6.24. The van der Waals surface area contributed by atoms with Crippen molar-refractivity contribution < 1.29 is 14.3 Å². The lowest BCUT2D eigenvalue weighted by molar-refractivity contribution is -0.115. The number of nitrogens with zero attached hydrogens (tertiary/aromatic N) is 1. The fraction of sp³-hybridized carbons (Fsp3) is 0.276. The van der Waals surface area contributed by atoms with Crippen molar-refractivity contribution >= 4 is 29.0 Å². The number of anilines is 1. The molecule has 0 fully saturated rings. The molecule has 0 saturated carbocycles. The summed E-state index contributed by atoms with van der Waals surface area (Å²) in [5.41, 5.74) is 5.33. The van der Waals surface area contributed by atoms with Crippen LogP contribution in [0.4, 0.5) is 11.4 Å². The Morgan fingerprint density at radius 2 is 1.77 bits per heavy atom. The van der Waals surface area contributed by atoms with Gasteiger partial charge in [0.25, 0.3) is 0 Å². The molecular weight excluding hydrogens is 438 g/mol. The molecule has 1 aliphatic heterocycles. The number of ether oxygens (including phenoxy) is 1. The quantitative estimate of drug-likeness (QED) is 0.230. The van der Waals surface area contributed by atoms with Gasteiger partial charge in [0, 0.05) is 12.2 Å².